The molecule has 4 rings (SSSR count). The lowest BCUT2D eigenvalue weighted by Crippen LogP contribution is -2.40. The highest BCUT2D eigenvalue weighted by Gasteiger charge is 2.54. The van der Waals surface area contributed by atoms with Gasteiger partial charge in [0.05, 0.1) is 13.2 Å². The summed E-state index contributed by atoms with van der Waals surface area (Å²) < 4.78 is 39.3. The molecule has 4 N–H and O–H groups in total. The maximum atomic E-state index is 14.6. The highest BCUT2D eigenvalue weighted by Crippen LogP contribution is 2.41. The molecular formula is C52H80F2N2O8. The van der Waals surface area contributed by atoms with Crippen molar-refractivity contribution in [3.8, 4) is 0 Å². The largest absolute Gasteiger partial charge is 0.480 e. The molecule has 0 bridgehead atoms. The van der Waals surface area contributed by atoms with Gasteiger partial charge in [0.15, 0.2) is 22.5 Å². The number of nitrogens with one attached hydrogen (secondary N) is 2. The maximum Gasteiger partial charge on any atom is 0.323 e. The monoisotopic (exact) mass is 899 g/mol. The molecule has 0 heterocycles. The summed E-state index contributed by atoms with van der Waals surface area (Å²) >= 11 is 0. The minimum Gasteiger partial charge on any atom is -0.480 e. The topological polar surface area (TPSA) is 151 Å². The molecule has 4 unspecified atom stereocenters. The second-order valence-electron chi connectivity index (χ2n) is 18.7. The first-order valence-corrected chi connectivity index (χ1v) is 24.5. The number of unbranched alkanes of at least 4 members (excludes halogenated alkanes) is 12. The van der Waals surface area contributed by atoms with Crippen LogP contribution in [0.15, 0.2) is 36.4 Å². The smallest absolute Gasteiger partial charge is 0.323 e. The first kappa shape index (κ1) is 54.4. The molecule has 2 saturated carbocycles. The van der Waals surface area contributed by atoms with Crippen molar-refractivity contribution in [2.75, 3.05) is 13.2 Å². The number of carbonyl (C=O) groups is 4. The normalized spacial score (nSPS) is 20.5. The molecule has 2 aromatic carbocycles. The van der Waals surface area contributed by atoms with Crippen molar-refractivity contribution in [3.05, 3.63) is 70.3 Å². The van der Waals surface area contributed by atoms with Crippen LogP contribution in [0.3, 0.4) is 0 Å². The number of rotatable bonds is 29. The average Bonchev–Trinajstić information content (AvgIpc) is 3.93. The van der Waals surface area contributed by atoms with Gasteiger partial charge in [0.2, 0.25) is 0 Å². The number of halogens is 2. The van der Waals surface area contributed by atoms with Gasteiger partial charge in [-0.15, -0.1) is 0 Å². The third-order valence-electron chi connectivity index (χ3n) is 13.0. The summed E-state index contributed by atoms with van der Waals surface area (Å²) in [5, 5.41) is 25.9. The van der Waals surface area contributed by atoms with E-state index in [-0.39, 0.29) is 62.6 Å². The number of hydrogen-bond donors (Lipinski definition) is 4. The fourth-order valence-corrected chi connectivity index (χ4v) is 8.88. The lowest BCUT2D eigenvalue weighted by Gasteiger charge is -2.23. The molecule has 2 fully saturated rings. The number of carboxylic acid groups (broad SMARTS) is 2. The van der Waals surface area contributed by atoms with E-state index in [0.29, 0.717) is 37.8 Å². The quantitative estimate of drug-likeness (QED) is 0.0353. The van der Waals surface area contributed by atoms with Crippen LogP contribution < -0.4 is 10.6 Å². The molecule has 360 valence electrons. The lowest BCUT2D eigenvalue weighted by atomic mass is 9.86. The van der Waals surface area contributed by atoms with E-state index in [4.69, 9.17) is 9.47 Å². The van der Waals surface area contributed by atoms with Crippen LogP contribution in [0.1, 0.15) is 185 Å². The molecule has 64 heavy (non-hydrogen) atoms. The van der Waals surface area contributed by atoms with Gasteiger partial charge in [-0.05, 0) is 93.7 Å². The third-order valence-corrected chi connectivity index (χ3v) is 13.0. The van der Waals surface area contributed by atoms with E-state index in [1.807, 2.05) is 13.8 Å². The molecule has 2 aliphatic carbocycles. The van der Waals surface area contributed by atoms with Gasteiger partial charge in [-0.25, -0.2) is 8.78 Å². The zero-order chi connectivity index (χ0) is 47.0. The predicted molar refractivity (Wildman–Crippen MR) is 248 cm³/mol. The van der Waals surface area contributed by atoms with Gasteiger partial charge in [-0.2, -0.15) is 0 Å². The van der Waals surface area contributed by atoms with Gasteiger partial charge >= 0.3 is 23.9 Å². The van der Waals surface area contributed by atoms with Crippen LogP contribution in [0.25, 0.3) is 0 Å². The average molecular weight is 899 g/mol. The molecule has 0 radical (unpaired) electrons. The zero-order valence-electron chi connectivity index (χ0n) is 39.7. The SMILES string of the molecule is CCCCCCCCCc1ccc(CNC2CCC(C(=O)O)(C(=O)OCC(C)C)C2)cc1.CCCCCCCCCc1ccc(CNC2CCC(C(=O)O)(C(=O)OCC)C2)c(F)c1F. The Morgan fingerprint density at radius 1 is 0.609 bits per heavy atom. The van der Waals surface area contributed by atoms with Crippen LogP contribution in [0.2, 0.25) is 0 Å². The molecule has 4 atom stereocenters. The summed E-state index contributed by atoms with van der Waals surface area (Å²) in [5.41, 5.74) is 0.178. The summed E-state index contributed by atoms with van der Waals surface area (Å²) in [7, 11) is 0. The second-order valence-corrected chi connectivity index (χ2v) is 18.7. The Morgan fingerprint density at radius 3 is 1.55 bits per heavy atom. The van der Waals surface area contributed by atoms with Crippen LogP contribution in [-0.4, -0.2) is 59.4 Å². The standard InChI is InChI=1S/C27H43NO4.C25H37F2NO4/c1-4-5-6-7-8-9-10-11-22-12-14-23(15-13-22)19-28-24-16-17-27(18-24,25(29)30)26(31)32-20-21(2)3;1-3-5-6-7-8-9-10-11-18-12-13-19(22(27)21(18)26)17-28-20-14-15-25(16-20,23(29)30)24(31)32-4-2/h12-15,21,24,28H,4-11,16-20H2,1-3H3,(H,29,30);12-13,20,28H,3-11,14-17H2,1-2H3,(H,29,30). The van der Waals surface area contributed by atoms with Crippen molar-refractivity contribution >= 4 is 23.9 Å². The van der Waals surface area contributed by atoms with Crippen LogP contribution in [0.4, 0.5) is 8.78 Å². The van der Waals surface area contributed by atoms with Crippen molar-refractivity contribution in [1.82, 2.24) is 10.6 Å². The molecule has 0 aliphatic heterocycles. The molecule has 0 amide bonds. The maximum absolute atomic E-state index is 14.6. The van der Waals surface area contributed by atoms with E-state index in [1.165, 1.54) is 81.8 Å². The van der Waals surface area contributed by atoms with Crippen molar-refractivity contribution in [3.63, 3.8) is 0 Å². The third kappa shape index (κ3) is 17.1. The second kappa shape index (κ2) is 28.9. The van der Waals surface area contributed by atoms with Crippen molar-refractivity contribution < 1.29 is 47.6 Å². The Kier molecular flexibility index (Phi) is 24.6. The minimum atomic E-state index is -1.57. The Bertz CT molecular complexity index is 1720. The van der Waals surface area contributed by atoms with E-state index in [9.17, 15) is 38.2 Å². The summed E-state index contributed by atoms with van der Waals surface area (Å²) in [6.45, 7) is 11.1. The Balaban J connectivity index is 0.000000340. The minimum absolute atomic E-state index is 0.00471. The first-order valence-electron chi connectivity index (χ1n) is 24.5. The van der Waals surface area contributed by atoms with E-state index in [0.717, 1.165) is 25.7 Å². The zero-order valence-corrected chi connectivity index (χ0v) is 39.7. The Morgan fingerprint density at radius 2 is 1.05 bits per heavy atom. The van der Waals surface area contributed by atoms with Crippen molar-refractivity contribution in [2.24, 2.45) is 16.7 Å². The summed E-state index contributed by atoms with van der Waals surface area (Å²) in [5.74, 6) is -5.05. The van der Waals surface area contributed by atoms with Crippen LogP contribution in [0.5, 0.6) is 0 Å². The Labute approximate surface area is 382 Å². The summed E-state index contributed by atoms with van der Waals surface area (Å²) in [6, 6.07) is 11.7. The molecular weight excluding hydrogens is 819 g/mol. The van der Waals surface area contributed by atoms with Crippen LogP contribution in [-0.2, 0) is 54.6 Å². The number of benzene rings is 2. The number of hydrogen-bond acceptors (Lipinski definition) is 8. The summed E-state index contributed by atoms with van der Waals surface area (Å²) in [6.07, 6.45) is 20.7. The van der Waals surface area contributed by atoms with Gasteiger partial charge in [0.1, 0.15) is 0 Å². The number of ether oxygens (including phenoxy) is 2. The van der Waals surface area contributed by atoms with E-state index < -0.39 is 46.3 Å². The number of aryl methyl sites for hydroxylation is 2. The van der Waals surface area contributed by atoms with E-state index >= 15 is 0 Å². The van der Waals surface area contributed by atoms with Crippen molar-refractivity contribution in [1.29, 1.82) is 0 Å². The molecule has 2 aromatic rings. The fourth-order valence-electron chi connectivity index (χ4n) is 8.88. The summed E-state index contributed by atoms with van der Waals surface area (Å²) in [4.78, 5) is 48.4. The number of carbonyl (C=O) groups excluding carboxylic acids is 2. The van der Waals surface area contributed by atoms with Gasteiger partial charge in [-0.3, -0.25) is 19.2 Å². The van der Waals surface area contributed by atoms with Gasteiger partial charge in [0, 0.05) is 30.7 Å². The molecule has 0 spiro atoms. The highest BCUT2D eigenvalue weighted by molar-refractivity contribution is 6.00. The highest BCUT2D eigenvalue weighted by atomic mass is 19.2. The van der Waals surface area contributed by atoms with Crippen molar-refractivity contribution in [2.45, 2.75) is 201 Å². The van der Waals surface area contributed by atoms with E-state index in [2.05, 4.69) is 48.7 Å². The number of carboxylic acids is 2. The molecule has 0 aromatic heterocycles. The van der Waals surface area contributed by atoms with Gasteiger partial charge in [-0.1, -0.05) is 141 Å². The number of esters is 2. The predicted octanol–water partition coefficient (Wildman–Crippen LogP) is 11.4. The Hall–Kier alpha value is -3.90. The van der Waals surface area contributed by atoms with Crippen LogP contribution >= 0.6 is 0 Å². The molecule has 10 nitrogen and oxygen atoms in total. The molecule has 2 aliphatic rings. The van der Waals surface area contributed by atoms with Gasteiger partial charge in [0.25, 0.3) is 0 Å². The lowest BCUT2D eigenvalue weighted by molar-refractivity contribution is -0.170. The fraction of sp³-hybridized carbons (Fsp3) is 0.692. The molecule has 12 heteroatoms. The van der Waals surface area contributed by atoms with Gasteiger partial charge < -0.3 is 30.3 Å². The molecule has 0 saturated heterocycles. The first-order chi connectivity index (χ1) is 30.7. The number of aliphatic carboxylic acids is 2. The van der Waals surface area contributed by atoms with Crippen LogP contribution in [0, 0.1) is 28.4 Å². The van der Waals surface area contributed by atoms with E-state index in [1.54, 1.807) is 19.1 Å².